The van der Waals surface area contributed by atoms with Crippen LogP contribution in [-0.4, -0.2) is 30.1 Å². The first-order valence-corrected chi connectivity index (χ1v) is 6.33. The van der Waals surface area contributed by atoms with E-state index in [2.05, 4.69) is 31.9 Å². The van der Waals surface area contributed by atoms with Crippen molar-refractivity contribution in [3.63, 3.8) is 0 Å². The molecule has 2 N–H and O–H groups in total. The van der Waals surface area contributed by atoms with E-state index in [1.54, 1.807) is 6.92 Å². The number of nitrogens with zero attached hydrogens (tertiary/aromatic N) is 2. The van der Waals surface area contributed by atoms with Crippen LogP contribution in [0, 0.1) is 11.3 Å². The Morgan fingerprint density at radius 1 is 1.44 bits per heavy atom. The number of nitriles is 1. The maximum absolute atomic E-state index is 8.78. The van der Waals surface area contributed by atoms with Gasteiger partial charge in [-0.1, -0.05) is 13.3 Å². The van der Waals surface area contributed by atoms with Crippen molar-refractivity contribution >= 4 is 0 Å². The van der Waals surface area contributed by atoms with Crippen molar-refractivity contribution in [1.82, 2.24) is 4.90 Å². The van der Waals surface area contributed by atoms with E-state index in [9.17, 15) is 0 Å². The van der Waals surface area contributed by atoms with E-state index >= 15 is 0 Å². The van der Waals surface area contributed by atoms with Crippen molar-refractivity contribution in [2.45, 2.75) is 64.5 Å². The molecule has 3 nitrogen and oxygen atoms in total. The highest BCUT2D eigenvalue weighted by molar-refractivity contribution is 5.00. The first-order valence-electron chi connectivity index (χ1n) is 6.33. The zero-order chi connectivity index (χ0) is 12.6. The third-order valence-corrected chi connectivity index (χ3v) is 3.17. The van der Waals surface area contributed by atoms with Gasteiger partial charge in [-0.2, -0.15) is 5.26 Å². The fourth-order valence-electron chi connectivity index (χ4n) is 1.77. The van der Waals surface area contributed by atoms with Crippen LogP contribution in [0.2, 0.25) is 0 Å². The van der Waals surface area contributed by atoms with Crippen molar-refractivity contribution in [2.24, 2.45) is 5.73 Å². The van der Waals surface area contributed by atoms with Crippen LogP contribution >= 0.6 is 0 Å². The molecule has 0 bridgehead atoms. The monoisotopic (exact) mass is 225 g/mol. The average Bonchev–Trinajstić information content (AvgIpc) is 2.24. The maximum Gasteiger partial charge on any atom is 0.101 e. The van der Waals surface area contributed by atoms with E-state index in [1.807, 2.05) is 0 Å². The van der Waals surface area contributed by atoms with E-state index in [-0.39, 0.29) is 0 Å². The Morgan fingerprint density at radius 2 is 2.06 bits per heavy atom. The molecule has 0 saturated heterocycles. The summed E-state index contributed by atoms with van der Waals surface area (Å²) in [4.78, 5) is 2.39. The summed E-state index contributed by atoms with van der Waals surface area (Å²) in [6.45, 7) is 7.39. The van der Waals surface area contributed by atoms with Gasteiger partial charge in [-0.25, -0.2) is 0 Å². The first kappa shape index (κ1) is 15.4. The van der Waals surface area contributed by atoms with Crippen LogP contribution in [-0.2, 0) is 0 Å². The standard InChI is InChI=1S/C13H27N3/c1-5-8-12(2)16(4)10-7-6-9-13(3,15)11-14/h12H,5-10,15H2,1-4H3. The maximum atomic E-state index is 8.78. The zero-order valence-electron chi connectivity index (χ0n) is 11.3. The summed E-state index contributed by atoms with van der Waals surface area (Å²) < 4.78 is 0. The molecule has 16 heavy (non-hydrogen) atoms. The third kappa shape index (κ3) is 6.81. The molecule has 0 aromatic rings. The van der Waals surface area contributed by atoms with Gasteiger partial charge in [-0.15, -0.1) is 0 Å². The molecule has 2 atom stereocenters. The van der Waals surface area contributed by atoms with Gasteiger partial charge in [-0.05, 0) is 53.1 Å². The third-order valence-electron chi connectivity index (χ3n) is 3.17. The molecule has 0 aliphatic rings. The molecule has 94 valence electrons. The summed E-state index contributed by atoms with van der Waals surface area (Å²) in [5.41, 5.74) is 5.12. The van der Waals surface area contributed by atoms with Gasteiger partial charge in [0.25, 0.3) is 0 Å². The predicted octanol–water partition coefficient (Wildman–Crippen LogP) is 2.52. The number of hydrogen-bond donors (Lipinski definition) is 1. The summed E-state index contributed by atoms with van der Waals surface area (Å²) in [5, 5.41) is 8.78. The van der Waals surface area contributed by atoms with Crippen LogP contribution in [0.4, 0.5) is 0 Å². The summed E-state index contributed by atoms with van der Waals surface area (Å²) in [6.07, 6.45) is 5.44. The second-order valence-electron chi connectivity index (χ2n) is 5.10. The van der Waals surface area contributed by atoms with Crippen LogP contribution in [0.25, 0.3) is 0 Å². The highest BCUT2D eigenvalue weighted by Gasteiger charge is 2.16. The largest absolute Gasteiger partial charge is 0.314 e. The Hall–Kier alpha value is -0.590. The summed E-state index contributed by atoms with van der Waals surface area (Å²) >= 11 is 0. The van der Waals surface area contributed by atoms with Crippen molar-refractivity contribution in [3.8, 4) is 6.07 Å². The predicted molar refractivity (Wildman–Crippen MR) is 69.1 cm³/mol. The average molecular weight is 225 g/mol. The molecule has 2 unspecified atom stereocenters. The lowest BCUT2D eigenvalue weighted by atomic mass is 9.98. The molecule has 0 fully saturated rings. The first-order chi connectivity index (χ1) is 7.43. The Bertz CT molecular complexity index is 218. The van der Waals surface area contributed by atoms with Crippen LogP contribution in [0.1, 0.15) is 52.9 Å². The molecular formula is C13H27N3. The minimum absolute atomic E-state index is 0.645. The highest BCUT2D eigenvalue weighted by Crippen LogP contribution is 2.11. The Kier molecular flexibility index (Phi) is 7.36. The fourth-order valence-corrected chi connectivity index (χ4v) is 1.77. The quantitative estimate of drug-likeness (QED) is 0.646. The van der Waals surface area contributed by atoms with Crippen LogP contribution in [0.3, 0.4) is 0 Å². The molecule has 0 amide bonds. The molecule has 0 aromatic carbocycles. The molecule has 0 heterocycles. The Balaban J connectivity index is 3.63. The smallest absolute Gasteiger partial charge is 0.101 e. The van der Waals surface area contributed by atoms with Gasteiger partial charge in [0.05, 0.1) is 6.07 Å². The number of unbranched alkanes of at least 4 members (excludes halogenated alkanes) is 1. The Labute approximate surface area is 101 Å². The molecule has 0 saturated carbocycles. The molecule has 3 heteroatoms. The topological polar surface area (TPSA) is 53.0 Å². The van der Waals surface area contributed by atoms with Crippen molar-refractivity contribution in [1.29, 1.82) is 5.26 Å². The van der Waals surface area contributed by atoms with Crippen LogP contribution in [0.15, 0.2) is 0 Å². The fraction of sp³-hybridized carbons (Fsp3) is 0.923. The lowest BCUT2D eigenvalue weighted by molar-refractivity contribution is 0.238. The molecule has 0 aromatic heterocycles. The van der Waals surface area contributed by atoms with Gasteiger partial charge in [-0.3, -0.25) is 0 Å². The Morgan fingerprint density at radius 3 is 2.56 bits per heavy atom. The van der Waals surface area contributed by atoms with E-state index in [1.165, 1.54) is 12.8 Å². The number of hydrogen-bond acceptors (Lipinski definition) is 3. The van der Waals surface area contributed by atoms with Gasteiger partial charge in [0, 0.05) is 6.04 Å². The van der Waals surface area contributed by atoms with Gasteiger partial charge in [0.1, 0.15) is 5.54 Å². The van der Waals surface area contributed by atoms with Crippen molar-refractivity contribution < 1.29 is 0 Å². The lowest BCUT2D eigenvalue weighted by Gasteiger charge is -2.24. The van der Waals surface area contributed by atoms with Gasteiger partial charge < -0.3 is 10.6 Å². The van der Waals surface area contributed by atoms with E-state index in [0.29, 0.717) is 6.04 Å². The zero-order valence-corrected chi connectivity index (χ0v) is 11.3. The summed E-state index contributed by atoms with van der Waals surface area (Å²) in [5.74, 6) is 0. The molecular weight excluding hydrogens is 198 g/mol. The van der Waals surface area contributed by atoms with E-state index in [4.69, 9.17) is 11.0 Å². The molecule has 0 aliphatic carbocycles. The second-order valence-corrected chi connectivity index (χ2v) is 5.10. The van der Waals surface area contributed by atoms with Gasteiger partial charge in [0.2, 0.25) is 0 Å². The molecule has 0 radical (unpaired) electrons. The minimum Gasteiger partial charge on any atom is -0.314 e. The number of rotatable bonds is 8. The highest BCUT2D eigenvalue weighted by atomic mass is 15.1. The van der Waals surface area contributed by atoms with Crippen molar-refractivity contribution in [2.75, 3.05) is 13.6 Å². The van der Waals surface area contributed by atoms with Gasteiger partial charge in [0.15, 0.2) is 0 Å². The van der Waals surface area contributed by atoms with E-state index < -0.39 is 5.54 Å². The van der Waals surface area contributed by atoms with Gasteiger partial charge >= 0.3 is 0 Å². The number of nitrogens with two attached hydrogens (primary N) is 1. The molecule has 0 rings (SSSR count). The molecule has 0 spiro atoms. The second kappa shape index (κ2) is 7.65. The SMILES string of the molecule is CCCC(C)N(C)CCCCC(C)(N)C#N. The normalized spacial score (nSPS) is 16.8. The van der Waals surface area contributed by atoms with E-state index in [0.717, 1.165) is 25.8 Å². The molecule has 0 aliphatic heterocycles. The summed E-state index contributed by atoms with van der Waals surface area (Å²) in [6, 6.07) is 2.79. The van der Waals surface area contributed by atoms with Crippen LogP contribution in [0.5, 0.6) is 0 Å². The minimum atomic E-state index is -0.645. The summed E-state index contributed by atoms with van der Waals surface area (Å²) in [7, 11) is 2.17. The van der Waals surface area contributed by atoms with Crippen molar-refractivity contribution in [3.05, 3.63) is 0 Å². The lowest BCUT2D eigenvalue weighted by Crippen LogP contribution is -2.34. The van der Waals surface area contributed by atoms with Crippen LogP contribution < -0.4 is 5.73 Å².